The van der Waals surface area contributed by atoms with Gasteiger partial charge in [0.15, 0.2) is 11.7 Å². The summed E-state index contributed by atoms with van der Waals surface area (Å²) in [5.74, 6) is 0.473. The maximum absolute atomic E-state index is 11.5. The number of halogens is 2. The van der Waals surface area contributed by atoms with E-state index in [4.69, 9.17) is 40.2 Å². The molecule has 0 saturated carbocycles. The quantitative estimate of drug-likeness (QED) is 0.213. The molecule has 1 aliphatic heterocycles. The molecular weight excluding hydrogens is 491 g/mol. The maximum atomic E-state index is 11.5. The summed E-state index contributed by atoms with van der Waals surface area (Å²) in [6.45, 7) is 1.75. The van der Waals surface area contributed by atoms with Crippen molar-refractivity contribution < 1.29 is 14.6 Å². The van der Waals surface area contributed by atoms with E-state index in [0.29, 0.717) is 43.3 Å². The third-order valence-electron chi connectivity index (χ3n) is 4.53. The van der Waals surface area contributed by atoms with Crippen LogP contribution in [-0.2, 0) is 4.79 Å². The van der Waals surface area contributed by atoms with Crippen LogP contribution in [0.15, 0.2) is 46.9 Å². The molecule has 0 unspecified atom stereocenters. The minimum Gasteiger partial charge on any atom is -0.506 e. The zero-order chi connectivity index (χ0) is 22.8. The van der Waals surface area contributed by atoms with Crippen molar-refractivity contribution in [3.63, 3.8) is 0 Å². The van der Waals surface area contributed by atoms with Crippen LogP contribution >= 0.6 is 46.8 Å². The third-order valence-corrected chi connectivity index (χ3v) is 6.48. The molecular formula is C21H16Cl2N4O3S2. The van der Waals surface area contributed by atoms with Crippen molar-refractivity contribution in [3.05, 3.63) is 57.4 Å². The Morgan fingerprint density at radius 2 is 2.06 bits per heavy atom. The van der Waals surface area contributed by atoms with Crippen molar-refractivity contribution in [2.24, 2.45) is 5.10 Å². The first-order chi connectivity index (χ1) is 15.3. The van der Waals surface area contributed by atoms with Crippen LogP contribution in [0.25, 0.3) is 10.4 Å². The van der Waals surface area contributed by atoms with E-state index < -0.39 is 0 Å². The number of fused-ring (bicyclic) bond motifs is 1. The lowest BCUT2D eigenvalue weighted by molar-refractivity contribution is -0.118. The summed E-state index contributed by atoms with van der Waals surface area (Å²) in [6, 6.07) is 10.4. The van der Waals surface area contributed by atoms with Gasteiger partial charge >= 0.3 is 0 Å². The number of amides is 1. The Kier molecular flexibility index (Phi) is 6.52. The van der Waals surface area contributed by atoms with Crippen molar-refractivity contribution in [2.45, 2.75) is 6.92 Å². The predicted molar refractivity (Wildman–Crippen MR) is 134 cm³/mol. The van der Waals surface area contributed by atoms with Gasteiger partial charge in [0.2, 0.25) is 0 Å². The minimum atomic E-state index is -0.216. The van der Waals surface area contributed by atoms with Crippen LogP contribution in [0.4, 0.5) is 11.4 Å². The molecule has 0 fully saturated rings. The summed E-state index contributed by atoms with van der Waals surface area (Å²) in [5, 5.41) is 23.6. The lowest BCUT2D eigenvalue weighted by atomic mass is 10.1. The molecule has 4 N–H and O–H groups in total. The number of anilines is 2. The number of nitrogens with zero attached hydrogens (tertiary/aromatic N) is 1. The molecule has 164 valence electrons. The Morgan fingerprint density at radius 3 is 2.84 bits per heavy atom. The first-order valence-corrected chi connectivity index (χ1v) is 11.3. The van der Waals surface area contributed by atoms with Gasteiger partial charge in [-0.25, -0.2) is 0 Å². The van der Waals surface area contributed by atoms with Crippen LogP contribution in [0.1, 0.15) is 12.5 Å². The number of thiocarbonyl (C=S) groups is 1. The zero-order valence-corrected chi connectivity index (χ0v) is 19.7. The Balaban J connectivity index is 1.44. The van der Waals surface area contributed by atoms with Gasteiger partial charge < -0.3 is 20.5 Å². The third kappa shape index (κ3) is 4.81. The van der Waals surface area contributed by atoms with Crippen LogP contribution < -0.4 is 20.8 Å². The van der Waals surface area contributed by atoms with E-state index in [2.05, 4.69) is 21.2 Å². The predicted octanol–water partition coefficient (Wildman–Crippen LogP) is 5.47. The van der Waals surface area contributed by atoms with Gasteiger partial charge in [-0.05, 0) is 55.0 Å². The smallest absolute Gasteiger partial charge is 0.262 e. The summed E-state index contributed by atoms with van der Waals surface area (Å²) in [7, 11) is 0. The summed E-state index contributed by atoms with van der Waals surface area (Å²) >= 11 is 18.7. The molecule has 4 rings (SSSR count). The van der Waals surface area contributed by atoms with Gasteiger partial charge in [0.25, 0.3) is 5.91 Å². The Bertz CT molecular complexity index is 1260. The molecule has 0 aliphatic carbocycles. The molecule has 2 aromatic carbocycles. The van der Waals surface area contributed by atoms with E-state index >= 15 is 0 Å². The number of hydrogen-bond acceptors (Lipinski definition) is 6. The number of nitrogens with one attached hydrogen (secondary N) is 3. The van der Waals surface area contributed by atoms with Gasteiger partial charge in [0.1, 0.15) is 11.5 Å². The number of ether oxygens (including phenoxy) is 1. The number of hydrogen-bond donors (Lipinski definition) is 4. The average Bonchev–Trinajstić information content (AvgIpc) is 3.15. The molecule has 0 spiro atoms. The molecule has 1 aromatic heterocycles. The number of thiophene rings is 1. The number of hydrazone groups is 1. The molecule has 0 saturated heterocycles. The van der Waals surface area contributed by atoms with Gasteiger partial charge in [-0.2, -0.15) is 5.10 Å². The Labute approximate surface area is 203 Å². The van der Waals surface area contributed by atoms with E-state index in [0.717, 1.165) is 5.56 Å². The molecule has 1 aliphatic rings. The second-order valence-corrected chi connectivity index (χ2v) is 8.87. The standard InChI is InChI=1S/C21H16Cl2N4O3S2/c1-10(13-9-32-20(19(13)29)11-2-4-14(22)15(23)6-11)26-27-21(31)24-12-3-5-17-16(7-12)25-18(28)8-30-17/h2-7,9,29H,8H2,1H3,(H,25,28)(H2,24,27,31)/b26-10-. The number of benzene rings is 2. The van der Waals surface area contributed by atoms with Gasteiger partial charge in [0, 0.05) is 11.1 Å². The maximum Gasteiger partial charge on any atom is 0.262 e. The second kappa shape index (κ2) is 9.33. The normalized spacial score (nSPS) is 13.1. The fourth-order valence-corrected chi connectivity index (χ4v) is 4.43. The van der Waals surface area contributed by atoms with Crippen LogP contribution in [0.3, 0.4) is 0 Å². The molecule has 0 radical (unpaired) electrons. The first-order valence-electron chi connectivity index (χ1n) is 9.26. The van der Waals surface area contributed by atoms with Crippen LogP contribution in [0, 0.1) is 0 Å². The second-order valence-electron chi connectivity index (χ2n) is 6.77. The number of carbonyl (C=O) groups is 1. The number of carbonyl (C=O) groups excluding carboxylic acids is 1. The van der Waals surface area contributed by atoms with Gasteiger partial charge in [-0.15, -0.1) is 11.3 Å². The van der Waals surface area contributed by atoms with Crippen LogP contribution in [-0.4, -0.2) is 28.4 Å². The average molecular weight is 507 g/mol. The van der Waals surface area contributed by atoms with E-state index in [-0.39, 0.29) is 23.4 Å². The molecule has 0 bridgehead atoms. The highest BCUT2D eigenvalue weighted by Gasteiger charge is 2.17. The summed E-state index contributed by atoms with van der Waals surface area (Å²) in [6.07, 6.45) is 0. The van der Waals surface area contributed by atoms with E-state index in [1.165, 1.54) is 11.3 Å². The van der Waals surface area contributed by atoms with E-state index in [1.54, 1.807) is 48.7 Å². The Hall–Kier alpha value is -2.85. The number of rotatable bonds is 4. The molecule has 0 atom stereocenters. The van der Waals surface area contributed by atoms with Crippen molar-refractivity contribution in [3.8, 4) is 21.9 Å². The molecule has 1 amide bonds. The van der Waals surface area contributed by atoms with E-state index in [1.807, 2.05) is 0 Å². The van der Waals surface area contributed by atoms with E-state index in [9.17, 15) is 9.90 Å². The molecule has 2 heterocycles. The Morgan fingerprint density at radius 1 is 1.25 bits per heavy atom. The van der Waals surface area contributed by atoms with Crippen molar-refractivity contribution >= 4 is 74.9 Å². The molecule has 11 heteroatoms. The topological polar surface area (TPSA) is 95.0 Å². The minimum absolute atomic E-state index is 0.00403. The highest BCUT2D eigenvalue weighted by Crippen LogP contribution is 2.40. The molecule has 32 heavy (non-hydrogen) atoms. The molecule has 7 nitrogen and oxygen atoms in total. The van der Waals surface area contributed by atoms with Crippen LogP contribution in [0.5, 0.6) is 11.5 Å². The highest BCUT2D eigenvalue weighted by molar-refractivity contribution is 7.80. The summed E-state index contributed by atoms with van der Waals surface area (Å²) in [5.41, 5.74) is 5.84. The lowest BCUT2D eigenvalue weighted by Gasteiger charge is -2.18. The lowest BCUT2D eigenvalue weighted by Crippen LogP contribution is -2.27. The first kappa shape index (κ1) is 22.3. The fourth-order valence-electron chi connectivity index (χ4n) is 2.97. The summed E-state index contributed by atoms with van der Waals surface area (Å²) < 4.78 is 5.33. The largest absolute Gasteiger partial charge is 0.506 e. The SMILES string of the molecule is C/C(=N/NC(=S)Nc1ccc2c(c1)NC(=O)CO2)c1csc(-c2ccc(Cl)c(Cl)c2)c1O. The van der Waals surface area contributed by atoms with Crippen LogP contribution in [0.2, 0.25) is 10.0 Å². The van der Waals surface area contributed by atoms with Gasteiger partial charge in [0.05, 0.1) is 31.9 Å². The van der Waals surface area contributed by atoms with Gasteiger partial charge in [-0.1, -0.05) is 29.3 Å². The summed E-state index contributed by atoms with van der Waals surface area (Å²) in [4.78, 5) is 12.1. The van der Waals surface area contributed by atoms with Gasteiger partial charge in [-0.3, -0.25) is 10.2 Å². The fraction of sp³-hybridized carbons (Fsp3) is 0.0952. The van der Waals surface area contributed by atoms with Crippen molar-refractivity contribution in [1.82, 2.24) is 5.43 Å². The monoisotopic (exact) mass is 506 g/mol. The zero-order valence-electron chi connectivity index (χ0n) is 16.5. The highest BCUT2D eigenvalue weighted by atomic mass is 35.5. The number of aromatic hydroxyl groups is 1. The van der Waals surface area contributed by atoms with Crippen molar-refractivity contribution in [1.29, 1.82) is 0 Å². The molecule has 3 aromatic rings. The van der Waals surface area contributed by atoms with Crippen molar-refractivity contribution in [2.75, 3.05) is 17.2 Å².